The number of fused-ring (bicyclic) bond motifs is 1. The zero-order chi connectivity index (χ0) is 14.1. The Bertz CT molecular complexity index is 775. The second-order valence-electron chi connectivity index (χ2n) is 4.08. The quantitative estimate of drug-likeness (QED) is 0.705. The standard InChI is InChI=1S/C13H8Cl2FN3S/c14-9-5-7(1-2-10(9)16)6-17-11-8-3-4-20-12(8)19-13(15)18-11/h1-5H,6H2,(H,17,18,19). The summed E-state index contributed by atoms with van der Waals surface area (Å²) < 4.78 is 13.1. The third-order valence-electron chi connectivity index (χ3n) is 2.74. The minimum absolute atomic E-state index is 0.103. The number of nitrogens with zero attached hydrogens (tertiary/aromatic N) is 2. The molecule has 0 fully saturated rings. The van der Waals surface area contributed by atoms with Crippen LogP contribution in [0.3, 0.4) is 0 Å². The fraction of sp³-hybridized carbons (Fsp3) is 0.0769. The molecular weight excluding hydrogens is 320 g/mol. The van der Waals surface area contributed by atoms with E-state index in [9.17, 15) is 4.39 Å². The van der Waals surface area contributed by atoms with Crippen molar-refractivity contribution < 1.29 is 4.39 Å². The number of rotatable bonds is 3. The van der Waals surface area contributed by atoms with Gasteiger partial charge in [-0.15, -0.1) is 11.3 Å². The third-order valence-corrected chi connectivity index (χ3v) is 4.01. The van der Waals surface area contributed by atoms with Gasteiger partial charge in [0.25, 0.3) is 0 Å². The molecule has 1 aromatic carbocycles. The van der Waals surface area contributed by atoms with Crippen molar-refractivity contribution in [3.63, 3.8) is 0 Å². The minimum atomic E-state index is -0.430. The molecular formula is C13H8Cl2FN3S. The van der Waals surface area contributed by atoms with Crippen molar-refractivity contribution in [3.05, 3.63) is 51.3 Å². The Kier molecular flexibility index (Phi) is 3.74. The number of hydrogen-bond acceptors (Lipinski definition) is 4. The smallest absolute Gasteiger partial charge is 0.225 e. The second kappa shape index (κ2) is 5.52. The molecule has 0 aliphatic rings. The van der Waals surface area contributed by atoms with E-state index in [0.29, 0.717) is 12.4 Å². The third kappa shape index (κ3) is 2.70. The lowest BCUT2D eigenvalue weighted by molar-refractivity contribution is 0.627. The molecule has 0 amide bonds. The predicted molar refractivity (Wildman–Crippen MR) is 81.2 cm³/mol. The Morgan fingerprint density at radius 1 is 1.20 bits per heavy atom. The molecule has 0 unspecified atom stereocenters. The fourth-order valence-corrected chi connectivity index (χ4v) is 2.99. The largest absolute Gasteiger partial charge is 0.365 e. The van der Waals surface area contributed by atoms with Crippen molar-refractivity contribution in [1.82, 2.24) is 9.97 Å². The summed E-state index contributed by atoms with van der Waals surface area (Å²) in [6.07, 6.45) is 0. The molecule has 2 aromatic heterocycles. The van der Waals surface area contributed by atoms with Gasteiger partial charge in [-0.25, -0.2) is 14.4 Å². The van der Waals surface area contributed by atoms with Crippen molar-refractivity contribution in [1.29, 1.82) is 0 Å². The predicted octanol–water partition coefficient (Wildman–Crippen LogP) is 4.75. The van der Waals surface area contributed by atoms with Gasteiger partial charge in [0.1, 0.15) is 16.5 Å². The van der Waals surface area contributed by atoms with Crippen molar-refractivity contribution in [2.45, 2.75) is 6.54 Å². The van der Waals surface area contributed by atoms with Crippen molar-refractivity contribution in [2.75, 3.05) is 5.32 Å². The summed E-state index contributed by atoms with van der Waals surface area (Å²) in [5, 5.41) is 6.30. The van der Waals surface area contributed by atoms with E-state index in [1.54, 1.807) is 12.1 Å². The van der Waals surface area contributed by atoms with Crippen LogP contribution in [0.1, 0.15) is 5.56 Å². The van der Waals surface area contributed by atoms with Crippen LogP contribution in [0.4, 0.5) is 10.2 Å². The highest BCUT2D eigenvalue weighted by molar-refractivity contribution is 7.16. The lowest BCUT2D eigenvalue weighted by atomic mass is 10.2. The molecule has 0 radical (unpaired) electrons. The van der Waals surface area contributed by atoms with Gasteiger partial charge in [-0.2, -0.15) is 0 Å². The highest BCUT2D eigenvalue weighted by Crippen LogP contribution is 2.27. The van der Waals surface area contributed by atoms with Gasteiger partial charge in [-0.05, 0) is 40.7 Å². The van der Waals surface area contributed by atoms with Crippen LogP contribution >= 0.6 is 34.5 Å². The van der Waals surface area contributed by atoms with Gasteiger partial charge in [-0.3, -0.25) is 0 Å². The summed E-state index contributed by atoms with van der Waals surface area (Å²) in [5.74, 6) is 0.224. The molecule has 0 bridgehead atoms. The summed E-state index contributed by atoms with van der Waals surface area (Å²) >= 11 is 13.1. The molecule has 2 heterocycles. The first-order valence-electron chi connectivity index (χ1n) is 5.72. The van der Waals surface area contributed by atoms with Crippen LogP contribution in [0, 0.1) is 5.82 Å². The summed E-state index contributed by atoms with van der Waals surface area (Å²) in [6, 6.07) is 6.52. The van der Waals surface area contributed by atoms with Crippen LogP contribution in [0.25, 0.3) is 10.2 Å². The van der Waals surface area contributed by atoms with Gasteiger partial charge in [0.05, 0.1) is 10.4 Å². The summed E-state index contributed by atoms with van der Waals surface area (Å²) in [5.41, 5.74) is 0.856. The first-order valence-corrected chi connectivity index (χ1v) is 7.35. The molecule has 1 N–H and O–H groups in total. The number of benzene rings is 1. The number of thiophene rings is 1. The average molecular weight is 328 g/mol. The molecule has 0 saturated heterocycles. The monoisotopic (exact) mass is 327 g/mol. The van der Waals surface area contributed by atoms with E-state index in [1.807, 2.05) is 11.4 Å². The SMILES string of the molecule is Fc1ccc(CNc2nc(Cl)nc3sccc23)cc1Cl. The molecule has 3 aromatic rings. The second-order valence-corrected chi connectivity index (χ2v) is 5.72. The van der Waals surface area contributed by atoms with Gasteiger partial charge < -0.3 is 5.32 Å². The molecule has 0 spiro atoms. The van der Waals surface area contributed by atoms with Gasteiger partial charge >= 0.3 is 0 Å². The Hall–Kier alpha value is -1.43. The average Bonchev–Trinajstić information content (AvgIpc) is 2.88. The highest BCUT2D eigenvalue weighted by Gasteiger charge is 2.08. The van der Waals surface area contributed by atoms with E-state index in [4.69, 9.17) is 23.2 Å². The summed E-state index contributed by atoms with van der Waals surface area (Å²) in [7, 11) is 0. The molecule has 3 nitrogen and oxygen atoms in total. The lowest BCUT2D eigenvalue weighted by Crippen LogP contribution is -2.02. The van der Waals surface area contributed by atoms with Crippen LogP contribution in [0.2, 0.25) is 10.3 Å². The fourth-order valence-electron chi connectivity index (χ4n) is 1.80. The van der Waals surface area contributed by atoms with Crippen molar-refractivity contribution in [2.24, 2.45) is 0 Å². The van der Waals surface area contributed by atoms with E-state index in [-0.39, 0.29) is 10.3 Å². The maximum absolute atomic E-state index is 13.1. The normalized spacial score (nSPS) is 10.9. The molecule has 0 saturated carbocycles. The van der Waals surface area contributed by atoms with Gasteiger partial charge in [0.2, 0.25) is 5.28 Å². The molecule has 102 valence electrons. The number of nitrogens with one attached hydrogen (secondary N) is 1. The molecule has 0 aliphatic heterocycles. The first kappa shape index (κ1) is 13.5. The van der Waals surface area contributed by atoms with Crippen molar-refractivity contribution >= 4 is 50.6 Å². The van der Waals surface area contributed by atoms with Gasteiger partial charge in [0.15, 0.2) is 0 Å². The Balaban J connectivity index is 1.86. The van der Waals surface area contributed by atoms with E-state index in [1.165, 1.54) is 17.4 Å². The number of aromatic nitrogens is 2. The van der Waals surface area contributed by atoms with Crippen molar-refractivity contribution in [3.8, 4) is 0 Å². The van der Waals surface area contributed by atoms with E-state index >= 15 is 0 Å². The van der Waals surface area contributed by atoms with Gasteiger partial charge in [0, 0.05) is 6.54 Å². The number of hydrogen-bond donors (Lipinski definition) is 1. The zero-order valence-electron chi connectivity index (χ0n) is 10.0. The molecule has 3 rings (SSSR count). The minimum Gasteiger partial charge on any atom is -0.365 e. The lowest BCUT2D eigenvalue weighted by Gasteiger charge is -2.07. The summed E-state index contributed by atoms with van der Waals surface area (Å²) in [6.45, 7) is 0.471. The topological polar surface area (TPSA) is 37.8 Å². The van der Waals surface area contributed by atoms with Crippen LogP contribution in [-0.4, -0.2) is 9.97 Å². The van der Waals surface area contributed by atoms with Gasteiger partial charge in [-0.1, -0.05) is 17.7 Å². The number of halogens is 3. The van der Waals surface area contributed by atoms with Crippen LogP contribution < -0.4 is 5.32 Å². The first-order chi connectivity index (χ1) is 9.63. The Morgan fingerprint density at radius 2 is 2.05 bits per heavy atom. The summed E-state index contributed by atoms with van der Waals surface area (Å²) in [4.78, 5) is 9.13. The zero-order valence-corrected chi connectivity index (χ0v) is 12.4. The van der Waals surface area contributed by atoms with Crippen LogP contribution in [-0.2, 0) is 6.54 Å². The Morgan fingerprint density at radius 3 is 2.85 bits per heavy atom. The maximum atomic E-state index is 13.1. The van der Waals surface area contributed by atoms with Crippen LogP contribution in [0.5, 0.6) is 0 Å². The van der Waals surface area contributed by atoms with E-state index in [2.05, 4.69) is 15.3 Å². The Labute approximate surface area is 128 Å². The van der Waals surface area contributed by atoms with E-state index in [0.717, 1.165) is 15.8 Å². The molecule has 7 heteroatoms. The molecule has 20 heavy (non-hydrogen) atoms. The maximum Gasteiger partial charge on any atom is 0.225 e. The number of anilines is 1. The molecule has 0 atom stereocenters. The highest BCUT2D eigenvalue weighted by atomic mass is 35.5. The van der Waals surface area contributed by atoms with Crippen LogP contribution in [0.15, 0.2) is 29.6 Å². The molecule has 0 aliphatic carbocycles. The van der Waals surface area contributed by atoms with E-state index < -0.39 is 5.82 Å².